The number of nitrogens with zero attached hydrogens (tertiary/aromatic N) is 4. The van der Waals surface area contributed by atoms with Gasteiger partial charge in [-0.1, -0.05) is 11.6 Å². The van der Waals surface area contributed by atoms with Crippen LogP contribution in [0.25, 0.3) is 5.52 Å². The molecule has 11 nitrogen and oxygen atoms in total. The van der Waals surface area contributed by atoms with E-state index in [9.17, 15) is 22.4 Å². The molecular weight excluding hydrogens is 514 g/mol. The van der Waals surface area contributed by atoms with Crippen LogP contribution in [0.2, 0.25) is 5.15 Å². The van der Waals surface area contributed by atoms with Gasteiger partial charge in [0, 0.05) is 11.6 Å². The molecule has 2 aliphatic rings. The molecule has 1 amide bonds. The predicted molar refractivity (Wildman–Crippen MR) is 115 cm³/mol. The van der Waals surface area contributed by atoms with E-state index in [-0.39, 0.29) is 40.3 Å². The number of H-pyrrole nitrogens is 1. The van der Waals surface area contributed by atoms with Crippen LogP contribution in [-0.2, 0) is 20.8 Å². The number of aromatic amines is 1. The summed E-state index contributed by atoms with van der Waals surface area (Å²) in [7, 11) is 0. The summed E-state index contributed by atoms with van der Waals surface area (Å²) in [6.45, 7) is 0.941. The molecule has 0 aromatic carbocycles. The summed E-state index contributed by atoms with van der Waals surface area (Å²) < 4.78 is 67.8. The van der Waals surface area contributed by atoms with Crippen molar-refractivity contribution in [3.8, 4) is 0 Å². The van der Waals surface area contributed by atoms with Crippen molar-refractivity contribution in [2.24, 2.45) is 0 Å². The maximum atomic E-state index is 15.0. The number of rotatable bonds is 7. The van der Waals surface area contributed by atoms with Crippen molar-refractivity contribution in [2.75, 3.05) is 11.9 Å². The van der Waals surface area contributed by atoms with Gasteiger partial charge in [-0.05, 0) is 25.8 Å². The van der Waals surface area contributed by atoms with Gasteiger partial charge in [0.1, 0.15) is 23.4 Å². The number of halogens is 5. The minimum atomic E-state index is -4.81. The quantitative estimate of drug-likeness (QED) is 0.390. The summed E-state index contributed by atoms with van der Waals surface area (Å²) in [4.78, 5) is 16.1. The molecule has 3 aromatic heterocycles. The molecule has 5 rings (SSSR count). The molecule has 4 heterocycles. The molecular formula is C20H20ClF4N7O4. The van der Waals surface area contributed by atoms with E-state index in [1.807, 2.05) is 6.92 Å². The van der Waals surface area contributed by atoms with E-state index in [0.29, 0.717) is 5.52 Å². The average molecular weight is 534 g/mol. The minimum absolute atomic E-state index is 0.00690. The van der Waals surface area contributed by atoms with Crippen molar-refractivity contribution in [1.82, 2.24) is 30.1 Å². The van der Waals surface area contributed by atoms with Crippen LogP contribution in [-0.4, -0.2) is 61.7 Å². The second-order valence-corrected chi connectivity index (χ2v) is 9.16. The van der Waals surface area contributed by atoms with E-state index in [1.54, 1.807) is 0 Å². The molecule has 0 unspecified atom stereocenters. The number of alkyl halides is 4. The molecule has 1 aliphatic heterocycles. The molecule has 2 fully saturated rings. The molecule has 36 heavy (non-hydrogen) atoms. The van der Waals surface area contributed by atoms with Crippen LogP contribution >= 0.6 is 11.6 Å². The van der Waals surface area contributed by atoms with Gasteiger partial charge in [-0.15, -0.1) is 13.2 Å². The number of nitrogens with one attached hydrogen (secondary N) is 3. The van der Waals surface area contributed by atoms with Crippen molar-refractivity contribution >= 4 is 34.8 Å². The highest BCUT2D eigenvalue weighted by atomic mass is 35.5. The number of fused-ring (bicyclic) bond motifs is 1. The predicted octanol–water partition coefficient (Wildman–Crippen LogP) is 3.94. The number of carbonyl (C=O) groups is 1. The van der Waals surface area contributed by atoms with Gasteiger partial charge in [0.15, 0.2) is 23.9 Å². The molecule has 16 heteroatoms. The van der Waals surface area contributed by atoms with Crippen molar-refractivity contribution < 1.29 is 36.6 Å². The molecule has 1 aliphatic carbocycles. The zero-order valence-corrected chi connectivity index (χ0v) is 19.4. The van der Waals surface area contributed by atoms with Gasteiger partial charge in [-0.25, -0.2) is 18.7 Å². The highest BCUT2D eigenvalue weighted by Gasteiger charge is 2.44. The number of carbonyl (C=O) groups excluding carboxylic acids is 1. The Balaban J connectivity index is 1.26. The fraction of sp³-hybridized carbons (Fsp3) is 0.500. The van der Waals surface area contributed by atoms with Crippen LogP contribution in [0.4, 0.5) is 34.0 Å². The van der Waals surface area contributed by atoms with Gasteiger partial charge in [-0.3, -0.25) is 9.84 Å². The van der Waals surface area contributed by atoms with Gasteiger partial charge >= 0.3 is 12.5 Å². The lowest BCUT2D eigenvalue weighted by molar-refractivity contribution is -0.330. The van der Waals surface area contributed by atoms with Crippen LogP contribution in [0.1, 0.15) is 37.3 Å². The third-order valence-electron chi connectivity index (χ3n) is 5.76. The Morgan fingerprint density at radius 2 is 2.17 bits per heavy atom. The number of aromatic nitrogens is 5. The number of amides is 1. The first-order valence-corrected chi connectivity index (χ1v) is 11.2. The van der Waals surface area contributed by atoms with Crippen molar-refractivity contribution in [3.05, 3.63) is 34.9 Å². The fourth-order valence-corrected chi connectivity index (χ4v) is 3.84. The Bertz CT molecular complexity index is 1280. The Labute approximate surface area is 205 Å². The van der Waals surface area contributed by atoms with E-state index in [4.69, 9.17) is 21.1 Å². The normalized spacial score (nSPS) is 23.1. The minimum Gasteiger partial charge on any atom is -0.441 e. The number of alkyl carbamates (subject to hydrolysis) is 1. The van der Waals surface area contributed by atoms with Crippen LogP contribution < -0.4 is 10.6 Å². The summed E-state index contributed by atoms with van der Waals surface area (Å²) in [5.74, 6) is 0.345. The van der Waals surface area contributed by atoms with E-state index in [0.717, 1.165) is 12.8 Å². The topological polar surface area (TPSA) is 128 Å². The highest BCUT2D eigenvalue weighted by Crippen LogP contribution is 2.36. The van der Waals surface area contributed by atoms with E-state index < -0.39 is 37.4 Å². The largest absolute Gasteiger partial charge is 0.522 e. The van der Waals surface area contributed by atoms with Crippen LogP contribution in [0, 0.1) is 0 Å². The number of hydrogen-bond acceptors (Lipinski definition) is 8. The lowest BCUT2D eigenvalue weighted by Crippen LogP contribution is -2.39. The second-order valence-electron chi connectivity index (χ2n) is 8.77. The summed E-state index contributed by atoms with van der Waals surface area (Å²) in [5, 5.41) is 16.3. The summed E-state index contributed by atoms with van der Waals surface area (Å²) >= 11 is 6.01. The van der Waals surface area contributed by atoms with Gasteiger partial charge in [-0.2, -0.15) is 10.2 Å². The molecule has 0 bridgehead atoms. The highest BCUT2D eigenvalue weighted by molar-refractivity contribution is 6.29. The second kappa shape index (κ2) is 9.05. The monoisotopic (exact) mass is 533 g/mol. The fourth-order valence-electron chi connectivity index (χ4n) is 3.66. The van der Waals surface area contributed by atoms with Gasteiger partial charge < -0.3 is 20.1 Å². The summed E-state index contributed by atoms with van der Waals surface area (Å²) in [6.07, 6.45) is -6.30. The molecule has 0 radical (unpaired) electrons. The molecule has 1 saturated carbocycles. The maximum Gasteiger partial charge on any atom is 0.522 e. The van der Waals surface area contributed by atoms with Crippen LogP contribution in [0.3, 0.4) is 0 Å². The zero-order valence-electron chi connectivity index (χ0n) is 18.6. The zero-order chi connectivity index (χ0) is 25.7. The molecule has 3 aromatic rings. The third kappa shape index (κ3) is 5.47. The standard InChI is InChI=1S/C20H20ClF4N7O4/c1-19(2-3-19)28-18(33)36-12-8-34-16(15(12)22)10-5-14(30-29-10)27-17-11-4-9(7-35-20(23,24)25)31-32(11)6-13(21)26-17/h4-6,12,15-16H,2-3,7-8H2,1H3,(H,28,33)(H2,26,27,29,30)/t12-,15-,16-/m1/s1. The number of ether oxygens (including phenoxy) is 3. The van der Waals surface area contributed by atoms with Crippen molar-refractivity contribution in [3.63, 3.8) is 0 Å². The molecule has 194 valence electrons. The van der Waals surface area contributed by atoms with E-state index >= 15 is 0 Å². The Kier molecular flexibility index (Phi) is 6.16. The van der Waals surface area contributed by atoms with Crippen LogP contribution in [0.15, 0.2) is 18.3 Å². The molecule has 3 N–H and O–H groups in total. The summed E-state index contributed by atoms with van der Waals surface area (Å²) in [5.41, 5.74) is 0.269. The first-order valence-electron chi connectivity index (χ1n) is 10.8. The van der Waals surface area contributed by atoms with Gasteiger partial charge in [0.05, 0.1) is 24.2 Å². The molecule has 0 spiro atoms. The van der Waals surface area contributed by atoms with Crippen LogP contribution in [0.5, 0.6) is 0 Å². The first kappa shape index (κ1) is 24.5. The Hall–Kier alpha value is -3.17. The Morgan fingerprint density at radius 1 is 1.39 bits per heavy atom. The third-order valence-corrected chi connectivity index (χ3v) is 5.94. The lowest BCUT2D eigenvalue weighted by atomic mass is 10.1. The molecule has 1 saturated heterocycles. The molecule has 3 atom stereocenters. The van der Waals surface area contributed by atoms with E-state index in [2.05, 4.69) is 35.7 Å². The average Bonchev–Trinajstić information content (AvgIpc) is 3.12. The maximum absolute atomic E-state index is 15.0. The van der Waals surface area contributed by atoms with Gasteiger partial charge in [0.2, 0.25) is 0 Å². The number of anilines is 2. The van der Waals surface area contributed by atoms with Gasteiger partial charge in [0.25, 0.3) is 0 Å². The summed E-state index contributed by atoms with van der Waals surface area (Å²) in [6, 6.07) is 2.81. The van der Waals surface area contributed by atoms with Crippen molar-refractivity contribution in [2.45, 2.75) is 56.7 Å². The first-order chi connectivity index (χ1) is 17.0. The SMILES string of the molecule is CC1(NC(=O)O[C@@H]2CO[C@H](c3cc(Nc4nc(Cl)cn5nc(COC(F)(F)F)cc45)n[nH]3)[C@@H]2F)CC1. The van der Waals surface area contributed by atoms with Crippen molar-refractivity contribution in [1.29, 1.82) is 0 Å². The Morgan fingerprint density at radius 3 is 2.89 bits per heavy atom. The number of hydrogen-bond donors (Lipinski definition) is 3. The smallest absolute Gasteiger partial charge is 0.441 e. The van der Waals surface area contributed by atoms with E-state index in [1.165, 1.54) is 22.8 Å². The lowest BCUT2D eigenvalue weighted by Gasteiger charge is -2.17.